The van der Waals surface area contributed by atoms with E-state index in [0.717, 1.165) is 12.0 Å². The fourth-order valence-electron chi connectivity index (χ4n) is 3.25. The highest BCUT2D eigenvalue weighted by Crippen LogP contribution is 2.26. The van der Waals surface area contributed by atoms with Crippen LogP contribution < -0.4 is 4.90 Å². The molecule has 1 fully saturated rings. The van der Waals surface area contributed by atoms with E-state index >= 15 is 0 Å². The summed E-state index contributed by atoms with van der Waals surface area (Å²) in [7, 11) is 1.55. The molecule has 1 saturated heterocycles. The maximum Gasteiger partial charge on any atom is 0.256 e. The number of anilines is 1. The van der Waals surface area contributed by atoms with Gasteiger partial charge in [0.15, 0.2) is 0 Å². The van der Waals surface area contributed by atoms with E-state index in [2.05, 4.69) is 6.07 Å². The SMILES string of the molecule is COC(C(=O)N(Cc1ccc(Cl)cc1)c1cccc(C#N)c1)C1CCOC1. The van der Waals surface area contributed by atoms with Gasteiger partial charge < -0.3 is 14.4 Å². The van der Waals surface area contributed by atoms with Gasteiger partial charge in [-0.15, -0.1) is 0 Å². The maximum absolute atomic E-state index is 13.4. The monoisotopic (exact) mass is 384 g/mol. The quantitative estimate of drug-likeness (QED) is 0.760. The highest BCUT2D eigenvalue weighted by Gasteiger charge is 2.35. The third-order valence-electron chi connectivity index (χ3n) is 4.70. The Morgan fingerprint density at radius 2 is 2.15 bits per heavy atom. The first-order valence-electron chi connectivity index (χ1n) is 8.79. The van der Waals surface area contributed by atoms with Crippen molar-refractivity contribution in [3.05, 3.63) is 64.7 Å². The van der Waals surface area contributed by atoms with Gasteiger partial charge in [-0.25, -0.2) is 0 Å². The van der Waals surface area contributed by atoms with E-state index in [1.165, 1.54) is 0 Å². The van der Waals surface area contributed by atoms with Crippen molar-refractivity contribution in [2.45, 2.75) is 19.1 Å². The van der Waals surface area contributed by atoms with Crippen LogP contribution in [0.1, 0.15) is 17.5 Å². The van der Waals surface area contributed by atoms with Gasteiger partial charge in [-0.05, 0) is 42.3 Å². The van der Waals surface area contributed by atoms with Gasteiger partial charge in [0.25, 0.3) is 5.91 Å². The molecule has 1 aliphatic heterocycles. The molecule has 0 aliphatic carbocycles. The Morgan fingerprint density at radius 3 is 2.78 bits per heavy atom. The molecule has 2 aromatic rings. The van der Waals surface area contributed by atoms with Crippen molar-refractivity contribution < 1.29 is 14.3 Å². The molecular weight excluding hydrogens is 364 g/mol. The lowest BCUT2D eigenvalue weighted by atomic mass is 9.99. The van der Waals surface area contributed by atoms with Crippen molar-refractivity contribution in [3.8, 4) is 6.07 Å². The van der Waals surface area contributed by atoms with Gasteiger partial charge >= 0.3 is 0 Å². The van der Waals surface area contributed by atoms with Crippen LogP contribution in [0.15, 0.2) is 48.5 Å². The van der Waals surface area contributed by atoms with Crippen LogP contribution in [0.5, 0.6) is 0 Å². The zero-order valence-corrected chi connectivity index (χ0v) is 15.9. The summed E-state index contributed by atoms with van der Waals surface area (Å²) in [6.45, 7) is 1.51. The number of amides is 1. The minimum Gasteiger partial charge on any atom is -0.381 e. The molecular formula is C21H21ClN2O3. The molecule has 0 bridgehead atoms. The van der Waals surface area contributed by atoms with E-state index in [4.69, 9.17) is 21.1 Å². The summed E-state index contributed by atoms with van der Waals surface area (Å²) in [5, 5.41) is 9.86. The largest absolute Gasteiger partial charge is 0.381 e. The number of nitrogens with zero attached hydrogens (tertiary/aromatic N) is 2. The van der Waals surface area contributed by atoms with Gasteiger partial charge in [0, 0.05) is 30.3 Å². The summed E-state index contributed by atoms with van der Waals surface area (Å²) >= 11 is 5.98. The molecule has 2 atom stereocenters. The van der Waals surface area contributed by atoms with Crippen molar-refractivity contribution >= 4 is 23.2 Å². The third-order valence-corrected chi connectivity index (χ3v) is 4.95. The molecule has 5 nitrogen and oxygen atoms in total. The van der Waals surface area contributed by atoms with Crippen LogP contribution in [-0.4, -0.2) is 32.3 Å². The average molecular weight is 385 g/mol. The van der Waals surface area contributed by atoms with Gasteiger partial charge in [0.2, 0.25) is 0 Å². The summed E-state index contributed by atoms with van der Waals surface area (Å²) in [6, 6.07) is 16.5. The average Bonchev–Trinajstić information content (AvgIpc) is 3.22. The molecule has 2 aromatic carbocycles. The number of carbonyl (C=O) groups excluding carboxylic acids is 1. The molecule has 0 N–H and O–H groups in total. The molecule has 2 unspecified atom stereocenters. The Bertz CT molecular complexity index is 826. The minimum absolute atomic E-state index is 0.0226. The normalized spacial score (nSPS) is 17.3. The van der Waals surface area contributed by atoms with E-state index in [1.54, 1.807) is 42.3 Å². The smallest absolute Gasteiger partial charge is 0.256 e. The number of hydrogen-bond acceptors (Lipinski definition) is 4. The lowest BCUT2D eigenvalue weighted by molar-refractivity contribution is -0.131. The van der Waals surface area contributed by atoms with Crippen molar-refractivity contribution in [1.29, 1.82) is 5.26 Å². The minimum atomic E-state index is -0.592. The molecule has 1 aliphatic rings. The predicted octanol–water partition coefficient (Wildman–Crippen LogP) is 3.80. The van der Waals surface area contributed by atoms with E-state index in [1.807, 2.05) is 18.2 Å². The zero-order chi connectivity index (χ0) is 19.2. The Balaban J connectivity index is 1.93. The number of benzene rings is 2. The zero-order valence-electron chi connectivity index (χ0n) is 15.1. The molecule has 0 spiro atoms. The molecule has 140 valence electrons. The van der Waals surface area contributed by atoms with Gasteiger partial charge in [-0.2, -0.15) is 5.26 Å². The first-order chi connectivity index (χ1) is 13.1. The van der Waals surface area contributed by atoms with E-state index in [-0.39, 0.29) is 11.8 Å². The lowest BCUT2D eigenvalue weighted by Gasteiger charge is -2.29. The van der Waals surface area contributed by atoms with E-state index < -0.39 is 6.10 Å². The number of methoxy groups -OCH3 is 1. The van der Waals surface area contributed by atoms with Crippen LogP contribution in [0, 0.1) is 17.2 Å². The van der Waals surface area contributed by atoms with Crippen LogP contribution in [0.2, 0.25) is 5.02 Å². The van der Waals surface area contributed by atoms with Crippen LogP contribution in [-0.2, 0) is 20.8 Å². The molecule has 0 aromatic heterocycles. The van der Waals surface area contributed by atoms with Crippen molar-refractivity contribution in [3.63, 3.8) is 0 Å². The number of halogens is 1. The molecule has 27 heavy (non-hydrogen) atoms. The standard InChI is InChI=1S/C21H21ClN2O3/c1-26-20(17-9-10-27-14-17)21(25)24(13-15-5-7-18(22)8-6-15)19-4-2-3-16(11-19)12-23/h2-8,11,17,20H,9-10,13-14H2,1H3. The number of nitriles is 1. The maximum atomic E-state index is 13.4. The highest BCUT2D eigenvalue weighted by molar-refractivity contribution is 6.30. The van der Waals surface area contributed by atoms with Crippen LogP contribution in [0.3, 0.4) is 0 Å². The van der Waals surface area contributed by atoms with E-state index in [9.17, 15) is 10.1 Å². The first-order valence-corrected chi connectivity index (χ1v) is 9.16. The Labute approximate surface area is 164 Å². The van der Waals surface area contributed by atoms with Crippen molar-refractivity contribution in [2.24, 2.45) is 5.92 Å². The first kappa shape index (κ1) is 19.4. The van der Waals surface area contributed by atoms with Crippen LogP contribution in [0.4, 0.5) is 5.69 Å². The number of hydrogen-bond donors (Lipinski definition) is 0. The van der Waals surface area contributed by atoms with Crippen LogP contribution >= 0.6 is 11.6 Å². The second-order valence-corrected chi connectivity index (χ2v) is 6.93. The predicted molar refractivity (Wildman–Crippen MR) is 104 cm³/mol. The topological polar surface area (TPSA) is 62.6 Å². The van der Waals surface area contributed by atoms with Gasteiger partial charge in [-0.3, -0.25) is 4.79 Å². The molecule has 6 heteroatoms. The second kappa shape index (κ2) is 9.01. The molecule has 1 heterocycles. The van der Waals surface area contributed by atoms with Crippen LogP contribution in [0.25, 0.3) is 0 Å². The van der Waals surface area contributed by atoms with Gasteiger partial charge in [0.1, 0.15) is 6.10 Å². The molecule has 0 saturated carbocycles. The molecule has 1 amide bonds. The summed E-state index contributed by atoms with van der Waals surface area (Å²) < 4.78 is 11.0. The second-order valence-electron chi connectivity index (χ2n) is 6.49. The van der Waals surface area contributed by atoms with Gasteiger partial charge in [0.05, 0.1) is 24.8 Å². The lowest BCUT2D eigenvalue weighted by Crippen LogP contribution is -2.44. The van der Waals surface area contributed by atoms with Crippen molar-refractivity contribution in [1.82, 2.24) is 0 Å². The Hall–Kier alpha value is -2.39. The number of ether oxygens (including phenoxy) is 2. The van der Waals surface area contributed by atoms with Gasteiger partial charge in [-0.1, -0.05) is 29.8 Å². The molecule has 0 radical (unpaired) electrons. The Kier molecular flexibility index (Phi) is 6.46. The fourth-order valence-corrected chi connectivity index (χ4v) is 3.38. The molecule has 3 rings (SSSR count). The highest BCUT2D eigenvalue weighted by atomic mass is 35.5. The summed E-state index contributed by atoms with van der Waals surface area (Å²) in [5.74, 6) is -0.118. The summed E-state index contributed by atoms with van der Waals surface area (Å²) in [5.41, 5.74) is 2.10. The fraction of sp³-hybridized carbons (Fsp3) is 0.333. The third kappa shape index (κ3) is 4.67. The Morgan fingerprint density at radius 1 is 1.37 bits per heavy atom. The number of carbonyl (C=O) groups is 1. The van der Waals surface area contributed by atoms with E-state index in [0.29, 0.717) is 36.0 Å². The summed E-state index contributed by atoms with van der Waals surface area (Å²) in [4.78, 5) is 15.0. The summed E-state index contributed by atoms with van der Waals surface area (Å²) in [6.07, 6.45) is 0.197. The number of rotatable bonds is 6. The van der Waals surface area contributed by atoms with Crippen molar-refractivity contribution in [2.75, 3.05) is 25.2 Å².